The number of ketones is 2. The van der Waals surface area contributed by atoms with Crippen LogP contribution in [0.5, 0.6) is 0 Å². The number of rotatable bonds is 10. The van der Waals surface area contributed by atoms with Crippen molar-refractivity contribution < 1.29 is 129 Å². The van der Waals surface area contributed by atoms with Gasteiger partial charge in [-0.2, -0.15) is 132 Å². The molecule has 0 amide bonds. The highest BCUT2D eigenvalue weighted by molar-refractivity contribution is 7.20. The topological polar surface area (TPSA) is 88.2 Å². The molecule has 5 aromatic carbocycles. The first-order chi connectivity index (χ1) is 35.3. The van der Waals surface area contributed by atoms with E-state index < -0.39 is 213 Å². The van der Waals surface area contributed by atoms with Crippen LogP contribution in [0.1, 0.15) is 71.8 Å². The van der Waals surface area contributed by atoms with Gasteiger partial charge < -0.3 is 5.11 Å². The number of Topliss-reactive ketones (excluding diaryl/α,β-unsaturated/α-hetero) is 2. The number of benzene rings is 5. The molecule has 0 aliphatic heterocycles. The van der Waals surface area contributed by atoms with E-state index in [1.807, 2.05) is 6.07 Å². The third-order valence-electron chi connectivity index (χ3n) is 11.2. The summed E-state index contributed by atoms with van der Waals surface area (Å²) in [7, 11) is 0. The fraction of sp³-hybridized carbons (Fsp3) is 0.213. The Labute approximate surface area is 419 Å². The standard InChI is InChI=1S/C32H12BF24.C15H12N2O4/c34-25(35,36)13-1-14(26(37,38)39)6-21(5-13)33(22-7-15(27(40,41)42)2-16(8-22)28(43,44)45,23-9-17(29(46,47)48)3-18(10-23)30(49,50)51)24-11-19(31(52,53)54)4-20(12-24)32(55,56)57;18-13(8-15(20)21)12-9-17(7-6-16-12)10-14(19)11-4-2-1-3-5-11/h1-12H;1-7,9H,8,10H2/q-1;/p+1. The van der Waals surface area contributed by atoms with Crippen molar-refractivity contribution in [2.24, 2.45) is 0 Å². The number of hydrogen-bond acceptors (Lipinski definition) is 4. The van der Waals surface area contributed by atoms with E-state index >= 15 is 0 Å². The van der Waals surface area contributed by atoms with Crippen molar-refractivity contribution in [2.45, 2.75) is 62.4 Å². The monoisotopic (exact) mass is 1150 g/mol. The summed E-state index contributed by atoms with van der Waals surface area (Å²) >= 11 is 0. The minimum atomic E-state index is -6.13. The molecule has 0 unspecified atom stereocenters. The molecule has 0 saturated heterocycles. The minimum absolute atomic E-state index is 0.0285. The Morgan fingerprint density at radius 1 is 0.410 bits per heavy atom. The molecule has 6 aromatic rings. The van der Waals surface area contributed by atoms with Crippen LogP contribution in [0, 0.1) is 0 Å². The lowest BCUT2D eigenvalue weighted by Gasteiger charge is -2.46. The first-order valence-corrected chi connectivity index (χ1v) is 20.9. The van der Waals surface area contributed by atoms with Crippen LogP contribution in [-0.4, -0.2) is 33.8 Å². The van der Waals surface area contributed by atoms with Crippen LogP contribution in [-0.2, 0) is 60.7 Å². The highest BCUT2D eigenvalue weighted by atomic mass is 19.4. The van der Waals surface area contributed by atoms with E-state index in [-0.39, 0.29) is 18.0 Å². The Morgan fingerprint density at radius 2 is 0.679 bits per heavy atom. The van der Waals surface area contributed by atoms with Crippen molar-refractivity contribution in [3.8, 4) is 0 Å². The number of aliphatic carboxylic acids is 1. The first-order valence-electron chi connectivity index (χ1n) is 20.9. The number of carbonyl (C=O) groups excluding carboxylic acids is 2. The van der Waals surface area contributed by atoms with Gasteiger partial charge in [0.25, 0.3) is 0 Å². The van der Waals surface area contributed by atoms with E-state index in [0.29, 0.717) is 5.56 Å². The Balaban J connectivity index is 0.000000443. The molecule has 1 aromatic heterocycles. The number of carboxylic acid groups (broad SMARTS) is 1. The van der Waals surface area contributed by atoms with Crippen molar-refractivity contribution in [3.63, 3.8) is 0 Å². The number of nitrogens with zero attached hydrogens (tertiary/aromatic N) is 2. The Morgan fingerprint density at radius 3 is 0.923 bits per heavy atom. The fourth-order valence-corrected chi connectivity index (χ4v) is 7.85. The Kier molecular flexibility index (Phi) is 16.7. The van der Waals surface area contributed by atoms with Crippen LogP contribution >= 0.6 is 0 Å². The van der Waals surface area contributed by atoms with E-state index in [0.717, 1.165) is 0 Å². The summed E-state index contributed by atoms with van der Waals surface area (Å²) in [6.45, 7) is 0.0554. The van der Waals surface area contributed by atoms with Crippen molar-refractivity contribution in [1.29, 1.82) is 0 Å². The van der Waals surface area contributed by atoms with Gasteiger partial charge >= 0.3 is 55.4 Å². The van der Waals surface area contributed by atoms with Gasteiger partial charge in [0.2, 0.25) is 12.3 Å². The normalized spacial score (nSPS) is 13.2. The number of hydrogen-bond donors (Lipinski definition) is 1. The van der Waals surface area contributed by atoms with Gasteiger partial charge in [0.1, 0.15) is 12.6 Å². The second-order valence-electron chi connectivity index (χ2n) is 16.6. The molecule has 1 heterocycles. The van der Waals surface area contributed by atoms with E-state index in [1.54, 1.807) is 30.5 Å². The molecule has 0 radical (unpaired) electrons. The Bertz CT molecular complexity index is 2770. The second-order valence-corrected chi connectivity index (χ2v) is 16.6. The summed E-state index contributed by atoms with van der Waals surface area (Å²) in [4.78, 5) is 38.0. The number of carbonyl (C=O) groups is 3. The lowest BCUT2D eigenvalue weighted by molar-refractivity contribution is -0.683. The summed E-state index contributed by atoms with van der Waals surface area (Å²) in [5.41, 5.74) is -29.6. The van der Waals surface area contributed by atoms with E-state index in [9.17, 15) is 120 Å². The number of aromatic nitrogens is 2. The van der Waals surface area contributed by atoms with Gasteiger partial charge in [0.15, 0.2) is 23.9 Å². The van der Waals surface area contributed by atoms with Gasteiger partial charge in [-0.1, -0.05) is 78.9 Å². The molecule has 6 nitrogen and oxygen atoms in total. The highest BCUT2D eigenvalue weighted by Crippen LogP contribution is 2.41. The quantitative estimate of drug-likeness (QED) is 0.0485. The minimum Gasteiger partial charge on any atom is -0.481 e. The SMILES string of the molecule is FC(F)(F)c1cc([B-](c2cc(C(F)(F)F)cc(C(F)(F)F)c2)(c2cc(C(F)(F)F)cc(C(F)(F)F)c2)c2cc(C(F)(F)F)cc(C(F)(F)F)c2)cc(C(F)(F)F)c1.O=C(O)CC(=O)c1c[n+](CC(=O)c2ccccc2)ccn1. The summed E-state index contributed by atoms with van der Waals surface area (Å²) in [6.07, 6.45) is -51.1. The molecule has 0 fully saturated rings. The van der Waals surface area contributed by atoms with Crippen LogP contribution in [0.4, 0.5) is 105 Å². The van der Waals surface area contributed by atoms with Gasteiger partial charge in [0.05, 0.1) is 50.7 Å². The molecule has 31 heteroatoms. The van der Waals surface area contributed by atoms with E-state index in [4.69, 9.17) is 5.11 Å². The van der Waals surface area contributed by atoms with Crippen molar-refractivity contribution >= 4 is 45.5 Å². The van der Waals surface area contributed by atoms with Gasteiger partial charge in [-0.25, -0.2) is 4.98 Å². The number of halogens is 24. The molecule has 0 saturated carbocycles. The predicted molar refractivity (Wildman–Crippen MR) is 222 cm³/mol. The molecule has 0 aliphatic rings. The zero-order valence-electron chi connectivity index (χ0n) is 37.7. The van der Waals surface area contributed by atoms with Gasteiger partial charge in [-0.05, 0) is 24.3 Å². The maximum atomic E-state index is 14.2. The average Bonchev–Trinajstić information content (AvgIpc) is 3.29. The molecule has 0 aliphatic carbocycles. The lowest BCUT2D eigenvalue weighted by atomic mass is 9.12. The van der Waals surface area contributed by atoms with E-state index in [2.05, 4.69) is 4.98 Å². The molecule has 0 spiro atoms. The van der Waals surface area contributed by atoms with Crippen molar-refractivity contribution in [1.82, 2.24) is 4.98 Å². The van der Waals surface area contributed by atoms with Gasteiger partial charge in [0, 0.05) is 5.56 Å². The molecular formula is C47H25BF24N2O4. The fourth-order valence-electron chi connectivity index (χ4n) is 7.85. The zero-order valence-corrected chi connectivity index (χ0v) is 37.7. The summed E-state index contributed by atoms with van der Waals surface area (Å²) in [5.74, 6) is -1.91. The molecule has 0 atom stereocenters. The Hall–Kier alpha value is -7.63. The second kappa shape index (κ2) is 21.3. The van der Waals surface area contributed by atoms with Gasteiger partial charge in [-0.3, -0.25) is 14.4 Å². The molecule has 1 N–H and O–H groups in total. The van der Waals surface area contributed by atoms with Crippen LogP contribution < -0.4 is 26.4 Å². The van der Waals surface area contributed by atoms with Crippen LogP contribution in [0.3, 0.4) is 0 Å². The first kappa shape index (κ1) is 61.2. The number of carboxylic acids is 1. The highest BCUT2D eigenvalue weighted by Gasteiger charge is 2.47. The van der Waals surface area contributed by atoms with Crippen LogP contribution in [0.15, 0.2) is 122 Å². The van der Waals surface area contributed by atoms with Crippen LogP contribution in [0.2, 0.25) is 0 Å². The van der Waals surface area contributed by atoms with E-state index in [1.165, 1.54) is 17.0 Å². The third kappa shape index (κ3) is 14.5. The zero-order chi connectivity index (χ0) is 59.2. The third-order valence-corrected chi connectivity index (χ3v) is 11.2. The lowest BCUT2D eigenvalue weighted by Crippen LogP contribution is -2.75. The van der Waals surface area contributed by atoms with Crippen molar-refractivity contribution in [2.75, 3.05) is 0 Å². The van der Waals surface area contributed by atoms with Crippen LogP contribution in [0.25, 0.3) is 0 Å². The maximum Gasteiger partial charge on any atom is 0.416 e. The smallest absolute Gasteiger partial charge is 0.416 e. The summed E-state index contributed by atoms with van der Waals surface area (Å²) < 4.78 is 342. The summed E-state index contributed by atoms with van der Waals surface area (Å²) in [6, 6.07) is -0.0338. The molecule has 78 heavy (non-hydrogen) atoms. The molecule has 418 valence electrons. The number of alkyl halides is 24. The predicted octanol–water partition coefficient (Wildman–Crippen LogP) is 12.1. The maximum absolute atomic E-state index is 14.2. The molecule has 6 rings (SSSR count). The van der Waals surface area contributed by atoms with Crippen molar-refractivity contribution in [3.05, 3.63) is 177 Å². The summed E-state index contributed by atoms with van der Waals surface area (Å²) in [5, 5.41) is 8.60. The molecule has 0 bridgehead atoms. The van der Waals surface area contributed by atoms with Gasteiger partial charge in [-0.15, -0.1) is 0 Å². The average molecular weight is 1150 g/mol. The largest absolute Gasteiger partial charge is 0.481 e. The molecular weight excluding hydrogens is 1120 g/mol.